The highest BCUT2D eigenvalue weighted by atomic mass is 16.3. The third kappa shape index (κ3) is 2.99. The Hall–Kier alpha value is -2.78. The minimum atomic E-state index is -0.473. The molecule has 2 N–H and O–H groups in total. The van der Waals surface area contributed by atoms with E-state index in [1.54, 1.807) is 0 Å². The predicted octanol–water partition coefficient (Wildman–Crippen LogP) is 4.58. The van der Waals surface area contributed by atoms with E-state index in [4.69, 9.17) is 0 Å². The van der Waals surface area contributed by atoms with Crippen LogP contribution in [0.4, 0.5) is 5.69 Å². The topological polar surface area (TPSA) is 37.2 Å². The lowest BCUT2D eigenvalue weighted by atomic mass is 10.2. The molecule has 4 rings (SSSR count). The Morgan fingerprint density at radius 3 is 2.04 bits per heavy atom. The van der Waals surface area contributed by atoms with Crippen molar-refractivity contribution in [3.8, 4) is 0 Å². The number of fused-ring (bicyclic) bond motifs is 3. The maximum atomic E-state index is 10.6. The number of hydrogen-bond donors (Lipinski definition) is 2. The van der Waals surface area contributed by atoms with E-state index in [-0.39, 0.29) is 0 Å². The summed E-state index contributed by atoms with van der Waals surface area (Å²) in [5, 5.41) is 16.4. The van der Waals surface area contributed by atoms with Gasteiger partial charge in [0.2, 0.25) is 0 Å². The van der Waals surface area contributed by atoms with Crippen LogP contribution in [-0.2, 0) is 6.54 Å². The molecule has 0 fully saturated rings. The standard InChI is InChI=1S/C22H22N2O/c1-16-8-2-5-11-20(16)23-14-17(25)15-24-21-12-6-3-9-18(21)19-10-4-7-13-22(19)24/h2-13,17,23,25H,14-15H2,1H3. The van der Waals surface area contributed by atoms with Gasteiger partial charge < -0.3 is 15.0 Å². The summed E-state index contributed by atoms with van der Waals surface area (Å²) >= 11 is 0. The largest absolute Gasteiger partial charge is 0.389 e. The molecule has 0 aliphatic heterocycles. The van der Waals surface area contributed by atoms with Crippen molar-refractivity contribution in [3.05, 3.63) is 78.4 Å². The first-order valence-corrected chi connectivity index (χ1v) is 8.67. The number of aryl methyl sites for hydroxylation is 1. The Morgan fingerprint density at radius 2 is 1.40 bits per heavy atom. The molecule has 0 radical (unpaired) electrons. The van der Waals surface area contributed by atoms with E-state index >= 15 is 0 Å². The van der Waals surface area contributed by atoms with Crippen molar-refractivity contribution in [1.82, 2.24) is 4.57 Å². The average Bonchev–Trinajstić information content (AvgIpc) is 2.96. The molecule has 0 saturated heterocycles. The Labute approximate surface area is 147 Å². The molecule has 3 aromatic carbocycles. The molecule has 1 heterocycles. The highest BCUT2D eigenvalue weighted by Gasteiger charge is 2.13. The molecule has 0 aliphatic rings. The summed E-state index contributed by atoms with van der Waals surface area (Å²) in [5.74, 6) is 0. The number of rotatable bonds is 5. The Morgan fingerprint density at radius 1 is 0.840 bits per heavy atom. The van der Waals surface area contributed by atoms with Crippen LogP contribution < -0.4 is 5.32 Å². The van der Waals surface area contributed by atoms with Crippen LogP contribution in [0.2, 0.25) is 0 Å². The molecule has 3 nitrogen and oxygen atoms in total. The minimum Gasteiger partial charge on any atom is -0.389 e. The molecule has 1 atom stereocenters. The van der Waals surface area contributed by atoms with Crippen molar-refractivity contribution >= 4 is 27.5 Å². The van der Waals surface area contributed by atoms with Gasteiger partial charge in [0.1, 0.15) is 0 Å². The quantitative estimate of drug-likeness (QED) is 0.562. The van der Waals surface area contributed by atoms with E-state index in [0.717, 1.165) is 5.69 Å². The van der Waals surface area contributed by atoms with Crippen LogP contribution in [0, 0.1) is 6.92 Å². The molecule has 0 spiro atoms. The zero-order valence-electron chi connectivity index (χ0n) is 14.3. The first-order valence-electron chi connectivity index (χ1n) is 8.67. The summed E-state index contributed by atoms with van der Waals surface area (Å²) in [6.07, 6.45) is -0.473. The van der Waals surface area contributed by atoms with E-state index in [1.165, 1.54) is 27.4 Å². The van der Waals surface area contributed by atoms with Crippen molar-refractivity contribution in [2.75, 3.05) is 11.9 Å². The highest BCUT2D eigenvalue weighted by molar-refractivity contribution is 6.07. The maximum Gasteiger partial charge on any atom is 0.0891 e. The van der Waals surface area contributed by atoms with Crippen LogP contribution in [0.1, 0.15) is 5.56 Å². The monoisotopic (exact) mass is 330 g/mol. The van der Waals surface area contributed by atoms with Crippen molar-refractivity contribution in [1.29, 1.82) is 0 Å². The SMILES string of the molecule is Cc1ccccc1NCC(O)Cn1c2ccccc2c2ccccc21. The van der Waals surface area contributed by atoms with Gasteiger partial charge in [-0.25, -0.2) is 0 Å². The van der Waals surface area contributed by atoms with Crippen LogP contribution in [0.25, 0.3) is 21.8 Å². The fourth-order valence-electron chi connectivity index (χ4n) is 3.47. The fourth-order valence-corrected chi connectivity index (χ4v) is 3.47. The third-order valence-corrected chi connectivity index (χ3v) is 4.75. The van der Waals surface area contributed by atoms with Gasteiger partial charge in [-0.2, -0.15) is 0 Å². The van der Waals surface area contributed by atoms with Crippen molar-refractivity contribution < 1.29 is 5.11 Å². The summed E-state index contributed by atoms with van der Waals surface area (Å²) in [6, 6.07) is 24.9. The average molecular weight is 330 g/mol. The van der Waals surface area contributed by atoms with Crippen molar-refractivity contribution in [2.45, 2.75) is 19.6 Å². The Bertz CT molecular complexity index is 966. The second kappa shape index (κ2) is 6.61. The van der Waals surface area contributed by atoms with Gasteiger partial charge in [-0.1, -0.05) is 54.6 Å². The second-order valence-electron chi connectivity index (χ2n) is 6.49. The van der Waals surface area contributed by atoms with E-state index < -0.39 is 6.10 Å². The molecule has 0 bridgehead atoms. The molecule has 1 aromatic heterocycles. The first kappa shape index (κ1) is 15.7. The molecule has 4 aromatic rings. The van der Waals surface area contributed by atoms with Crippen molar-refractivity contribution in [2.24, 2.45) is 0 Å². The number of aliphatic hydroxyl groups is 1. The van der Waals surface area contributed by atoms with E-state index in [9.17, 15) is 5.11 Å². The third-order valence-electron chi connectivity index (χ3n) is 4.75. The van der Waals surface area contributed by atoms with Gasteiger partial charge in [-0.05, 0) is 30.7 Å². The summed E-state index contributed by atoms with van der Waals surface area (Å²) in [6.45, 7) is 3.15. The van der Waals surface area contributed by atoms with Gasteiger partial charge in [0.15, 0.2) is 0 Å². The molecule has 0 amide bonds. The van der Waals surface area contributed by atoms with Gasteiger partial charge in [-0.3, -0.25) is 0 Å². The molecule has 1 unspecified atom stereocenters. The van der Waals surface area contributed by atoms with Crippen LogP contribution in [0.3, 0.4) is 0 Å². The Kier molecular flexibility index (Phi) is 4.16. The van der Waals surface area contributed by atoms with E-state index in [2.05, 4.69) is 71.4 Å². The first-order chi connectivity index (χ1) is 12.2. The molecular formula is C22H22N2O. The van der Waals surface area contributed by atoms with Gasteiger partial charge in [0.05, 0.1) is 12.6 Å². The number of nitrogens with one attached hydrogen (secondary N) is 1. The normalized spacial score (nSPS) is 12.6. The number of aliphatic hydroxyl groups excluding tert-OH is 1. The van der Waals surface area contributed by atoms with Crippen LogP contribution >= 0.6 is 0 Å². The molecule has 126 valence electrons. The van der Waals surface area contributed by atoms with Gasteiger partial charge >= 0.3 is 0 Å². The van der Waals surface area contributed by atoms with Gasteiger partial charge in [-0.15, -0.1) is 0 Å². The second-order valence-corrected chi connectivity index (χ2v) is 6.49. The molecule has 0 saturated carbocycles. The number of hydrogen-bond acceptors (Lipinski definition) is 2. The molecule has 3 heteroatoms. The number of anilines is 1. The number of nitrogens with zero attached hydrogens (tertiary/aromatic N) is 1. The van der Waals surface area contributed by atoms with E-state index in [1.807, 2.05) is 18.2 Å². The lowest BCUT2D eigenvalue weighted by Crippen LogP contribution is -2.25. The fraction of sp³-hybridized carbons (Fsp3) is 0.182. The molecule has 0 aliphatic carbocycles. The van der Waals surface area contributed by atoms with Crippen LogP contribution in [-0.4, -0.2) is 22.3 Å². The lowest BCUT2D eigenvalue weighted by molar-refractivity contribution is 0.169. The Balaban J connectivity index is 1.60. The number of para-hydroxylation sites is 3. The minimum absolute atomic E-state index is 0.473. The van der Waals surface area contributed by atoms with Crippen LogP contribution in [0.15, 0.2) is 72.8 Å². The van der Waals surface area contributed by atoms with Gasteiger partial charge in [0.25, 0.3) is 0 Å². The highest BCUT2D eigenvalue weighted by Crippen LogP contribution is 2.28. The molecular weight excluding hydrogens is 308 g/mol. The maximum absolute atomic E-state index is 10.6. The predicted molar refractivity (Wildman–Crippen MR) is 105 cm³/mol. The molecule has 25 heavy (non-hydrogen) atoms. The summed E-state index contributed by atoms with van der Waals surface area (Å²) < 4.78 is 2.22. The zero-order chi connectivity index (χ0) is 17.2. The summed E-state index contributed by atoms with van der Waals surface area (Å²) in [7, 11) is 0. The van der Waals surface area contributed by atoms with Gasteiger partial charge in [0, 0.05) is 34.0 Å². The smallest absolute Gasteiger partial charge is 0.0891 e. The lowest BCUT2D eigenvalue weighted by Gasteiger charge is -2.16. The van der Waals surface area contributed by atoms with E-state index in [0.29, 0.717) is 13.1 Å². The summed E-state index contributed by atoms with van der Waals surface area (Å²) in [4.78, 5) is 0. The summed E-state index contributed by atoms with van der Waals surface area (Å²) in [5.41, 5.74) is 4.59. The number of benzene rings is 3. The van der Waals surface area contributed by atoms with Crippen LogP contribution in [0.5, 0.6) is 0 Å². The zero-order valence-corrected chi connectivity index (χ0v) is 14.3. The van der Waals surface area contributed by atoms with Crippen molar-refractivity contribution in [3.63, 3.8) is 0 Å². The number of aromatic nitrogens is 1.